The number of nitriles is 1. The van der Waals surface area contributed by atoms with Gasteiger partial charge in [0.2, 0.25) is 0 Å². The molecule has 3 N–H and O–H groups in total. The van der Waals surface area contributed by atoms with E-state index in [1.165, 1.54) is 18.7 Å². The summed E-state index contributed by atoms with van der Waals surface area (Å²) in [5.41, 5.74) is 5.03. The second kappa shape index (κ2) is 5.98. The standard InChI is InChI=1S/C13H15N3O5S/c1-7(17)21-5-8-6-22-12-13(15,3-2-4-14)11(20)16(12)9(8)10(18)19/h12H,2-3,5-6,15H2,1H3,(H,18,19)/t12-,13?/m1/s1. The van der Waals surface area contributed by atoms with Crippen molar-refractivity contribution in [3.8, 4) is 6.07 Å². The molecule has 0 radical (unpaired) electrons. The summed E-state index contributed by atoms with van der Waals surface area (Å²) in [6.45, 7) is 1.05. The largest absolute Gasteiger partial charge is 0.477 e. The van der Waals surface area contributed by atoms with Crippen LogP contribution < -0.4 is 5.73 Å². The van der Waals surface area contributed by atoms with Gasteiger partial charge in [0.15, 0.2) is 0 Å². The van der Waals surface area contributed by atoms with Gasteiger partial charge in [0.1, 0.15) is 23.2 Å². The lowest BCUT2D eigenvalue weighted by Gasteiger charge is -2.55. The minimum atomic E-state index is -1.26. The molecular weight excluding hydrogens is 310 g/mol. The van der Waals surface area contributed by atoms with E-state index in [-0.39, 0.29) is 25.1 Å². The number of β-lactam (4-membered cyclic amide) rings is 1. The number of carbonyl (C=O) groups excluding carboxylic acids is 2. The Morgan fingerprint density at radius 2 is 2.32 bits per heavy atom. The highest BCUT2D eigenvalue weighted by atomic mass is 32.2. The molecule has 0 aromatic rings. The third-order valence-corrected chi connectivity index (χ3v) is 5.05. The Hall–Kier alpha value is -2.05. The smallest absolute Gasteiger partial charge is 0.352 e. The summed E-state index contributed by atoms with van der Waals surface area (Å²) in [6.07, 6.45) is 0.308. The molecule has 2 heterocycles. The quantitative estimate of drug-likeness (QED) is 0.524. The molecule has 1 amide bonds. The van der Waals surface area contributed by atoms with Crippen molar-refractivity contribution in [2.75, 3.05) is 12.4 Å². The summed E-state index contributed by atoms with van der Waals surface area (Å²) in [6, 6.07) is 1.94. The molecule has 118 valence electrons. The Kier molecular flexibility index (Phi) is 4.44. The molecule has 0 aliphatic carbocycles. The van der Waals surface area contributed by atoms with E-state index in [9.17, 15) is 19.5 Å². The Morgan fingerprint density at radius 1 is 1.64 bits per heavy atom. The van der Waals surface area contributed by atoms with Gasteiger partial charge in [-0.3, -0.25) is 14.5 Å². The number of ether oxygens (including phenoxy) is 1. The molecule has 2 aliphatic rings. The van der Waals surface area contributed by atoms with Crippen molar-refractivity contribution in [3.63, 3.8) is 0 Å². The minimum Gasteiger partial charge on any atom is -0.477 e. The van der Waals surface area contributed by atoms with Crippen LogP contribution in [0, 0.1) is 11.3 Å². The number of rotatable bonds is 5. The minimum absolute atomic E-state index is 0.125. The van der Waals surface area contributed by atoms with Gasteiger partial charge in [0, 0.05) is 24.7 Å². The second-order valence-corrected chi connectivity index (χ2v) is 6.14. The zero-order valence-electron chi connectivity index (χ0n) is 11.9. The first-order valence-corrected chi connectivity index (χ1v) is 7.57. The van der Waals surface area contributed by atoms with Crippen LogP contribution in [0.5, 0.6) is 0 Å². The Labute approximate surface area is 130 Å². The number of esters is 1. The number of amides is 1. The number of carboxylic acid groups (broad SMARTS) is 1. The fourth-order valence-electron chi connectivity index (χ4n) is 2.51. The summed E-state index contributed by atoms with van der Waals surface area (Å²) in [7, 11) is 0. The molecule has 9 heteroatoms. The number of fused-ring (bicyclic) bond motifs is 1. The number of hydrogen-bond acceptors (Lipinski definition) is 7. The van der Waals surface area contributed by atoms with E-state index in [1.54, 1.807) is 0 Å². The van der Waals surface area contributed by atoms with Crippen LogP contribution in [0.15, 0.2) is 11.3 Å². The molecule has 8 nitrogen and oxygen atoms in total. The lowest BCUT2D eigenvalue weighted by atomic mass is 9.83. The topological polar surface area (TPSA) is 134 Å². The van der Waals surface area contributed by atoms with E-state index in [1.807, 2.05) is 6.07 Å². The van der Waals surface area contributed by atoms with Gasteiger partial charge in [0.05, 0.1) is 6.07 Å². The highest BCUT2D eigenvalue weighted by Crippen LogP contribution is 2.46. The highest BCUT2D eigenvalue weighted by molar-refractivity contribution is 8.00. The van der Waals surface area contributed by atoms with Gasteiger partial charge in [-0.25, -0.2) is 4.79 Å². The van der Waals surface area contributed by atoms with Crippen molar-refractivity contribution in [2.24, 2.45) is 5.73 Å². The number of nitrogens with two attached hydrogens (primary N) is 1. The number of nitrogens with zero attached hydrogens (tertiary/aromatic N) is 2. The van der Waals surface area contributed by atoms with Crippen LogP contribution in [0.1, 0.15) is 19.8 Å². The third kappa shape index (κ3) is 2.55. The van der Waals surface area contributed by atoms with E-state index in [0.717, 1.165) is 4.90 Å². The van der Waals surface area contributed by atoms with Crippen molar-refractivity contribution in [2.45, 2.75) is 30.7 Å². The van der Waals surface area contributed by atoms with Crippen LogP contribution in [-0.2, 0) is 19.1 Å². The van der Waals surface area contributed by atoms with Crippen LogP contribution in [-0.4, -0.2) is 51.1 Å². The summed E-state index contributed by atoms with van der Waals surface area (Å²) in [4.78, 5) is 35.8. The van der Waals surface area contributed by atoms with Crippen molar-refractivity contribution in [1.82, 2.24) is 4.90 Å². The molecule has 1 fully saturated rings. The molecule has 0 aromatic carbocycles. The first kappa shape index (κ1) is 16.3. The first-order chi connectivity index (χ1) is 10.3. The van der Waals surface area contributed by atoms with Crippen molar-refractivity contribution < 1.29 is 24.2 Å². The SMILES string of the molecule is CC(=O)OCC1=C(C(=O)O)N2C(=O)C(N)(CCC#N)[C@H]2SC1. The summed E-state index contributed by atoms with van der Waals surface area (Å²) < 4.78 is 4.84. The maximum absolute atomic E-state index is 12.3. The van der Waals surface area contributed by atoms with E-state index in [0.29, 0.717) is 11.3 Å². The third-order valence-electron chi connectivity index (χ3n) is 3.59. The zero-order chi connectivity index (χ0) is 16.5. The second-order valence-electron chi connectivity index (χ2n) is 5.07. The number of carboxylic acids is 1. The summed E-state index contributed by atoms with van der Waals surface area (Å²) in [5, 5.41) is 17.5. The lowest BCUT2D eigenvalue weighted by Crippen LogP contribution is -2.77. The van der Waals surface area contributed by atoms with E-state index < -0.39 is 28.8 Å². The van der Waals surface area contributed by atoms with Crippen LogP contribution in [0.25, 0.3) is 0 Å². The Balaban J connectivity index is 2.27. The predicted molar refractivity (Wildman–Crippen MR) is 76.2 cm³/mol. The normalized spacial score (nSPS) is 26.9. The number of thioether (sulfide) groups is 1. The molecule has 2 aliphatic heterocycles. The molecule has 2 rings (SSSR count). The number of aliphatic carboxylic acids is 1. The Bertz CT molecular complexity index is 611. The maximum Gasteiger partial charge on any atom is 0.352 e. The van der Waals surface area contributed by atoms with E-state index in [2.05, 4.69) is 0 Å². The van der Waals surface area contributed by atoms with Crippen LogP contribution in [0.2, 0.25) is 0 Å². The number of carbonyl (C=O) groups is 3. The van der Waals surface area contributed by atoms with Crippen molar-refractivity contribution >= 4 is 29.6 Å². The fraction of sp³-hybridized carbons (Fsp3) is 0.538. The average Bonchev–Trinajstić information content (AvgIpc) is 2.48. The van der Waals surface area contributed by atoms with Gasteiger partial charge in [-0.2, -0.15) is 5.26 Å². The van der Waals surface area contributed by atoms with Crippen molar-refractivity contribution in [1.29, 1.82) is 5.26 Å². The first-order valence-electron chi connectivity index (χ1n) is 6.52. The maximum atomic E-state index is 12.3. The molecular formula is C13H15N3O5S. The van der Waals surface area contributed by atoms with Gasteiger partial charge in [0.25, 0.3) is 5.91 Å². The molecule has 0 bridgehead atoms. The van der Waals surface area contributed by atoms with Gasteiger partial charge >= 0.3 is 11.9 Å². The summed E-state index contributed by atoms with van der Waals surface area (Å²) in [5.74, 6) is -2.00. The molecule has 0 aromatic heterocycles. The van der Waals surface area contributed by atoms with E-state index >= 15 is 0 Å². The lowest BCUT2D eigenvalue weighted by molar-refractivity contribution is -0.155. The zero-order valence-corrected chi connectivity index (χ0v) is 12.7. The molecule has 2 atom stereocenters. The van der Waals surface area contributed by atoms with Crippen LogP contribution >= 0.6 is 11.8 Å². The van der Waals surface area contributed by atoms with Crippen LogP contribution in [0.3, 0.4) is 0 Å². The molecule has 1 unspecified atom stereocenters. The highest BCUT2D eigenvalue weighted by Gasteiger charge is 2.62. The van der Waals surface area contributed by atoms with Gasteiger partial charge in [-0.15, -0.1) is 11.8 Å². The average molecular weight is 325 g/mol. The Morgan fingerprint density at radius 3 is 2.86 bits per heavy atom. The van der Waals surface area contributed by atoms with E-state index in [4.69, 9.17) is 15.7 Å². The van der Waals surface area contributed by atoms with Gasteiger partial charge in [-0.1, -0.05) is 0 Å². The van der Waals surface area contributed by atoms with Gasteiger partial charge < -0.3 is 15.6 Å². The monoisotopic (exact) mass is 325 g/mol. The molecule has 0 saturated carbocycles. The number of hydrogen-bond donors (Lipinski definition) is 2. The summed E-state index contributed by atoms with van der Waals surface area (Å²) >= 11 is 1.31. The van der Waals surface area contributed by atoms with Crippen LogP contribution in [0.4, 0.5) is 0 Å². The van der Waals surface area contributed by atoms with Gasteiger partial charge in [-0.05, 0) is 6.42 Å². The molecule has 1 saturated heterocycles. The predicted octanol–water partition coefficient (Wildman–Crippen LogP) is -0.195. The van der Waals surface area contributed by atoms with Crippen molar-refractivity contribution in [3.05, 3.63) is 11.3 Å². The molecule has 0 spiro atoms. The molecule has 22 heavy (non-hydrogen) atoms. The fourth-order valence-corrected chi connectivity index (χ4v) is 3.95.